The van der Waals surface area contributed by atoms with Crippen molar-refractivity contribution in [1.29, 1.82) is 0 Å². The monoisotopic (exact) mass is 494 g/mol. The molecule has 0 radical (unpaired) electrons. The van der Waals surface area contributed by atoms with Crippen LogP contribution in [-0.2, 0) is 11.2 Å². The predicted molar refractivity (Wildman–Crippen MR) is 138 cm³/mol. The lowest BCUT2D eigenvalue weighted by atomic mass is 10.2. The number of fused-ring (bicyclic) bond motifs is 1. The third-order valence-corrected chi connectivity index (χ3v) is 7.32. The number of imidazole rings is 1. The van der Waals surface area contributed by atoms with Gasteiger partial charge in [-0.15, -0.1) is 11.3 Å². The summed E-state index contributed by atoms with van der Waals surface area (Å²) in [6.07, 6.45) is 4.91. The minimum Gasteiger partial charge on any atom is -0.376 e. The molecule has 1 aliphatic rings. The Morgan fingerprint density at radius 3 is 2.85 bits per heavy atom. The van der Waals surface area contributed by atoms with Gasteiger partial charge in [0, 0.05) is 59.7 Å². The van der Waals surface area contributed by atoms with Gasteiger partial charge in [0.25, 0.3) is 0 Å². The maximum atomic E-state index is 13.2. The first-order chi connectivity index (χ1) is 16.6. The second kappa shape index (κ2) is 10.2. The number of anilines is 1. The smallest absolute Gasteiger partial charge is 0.321 e. The van der Waals surface area contributed by atoms with E-state index < -0.39 is 0 Å². The minimum absolute atomic E-state index is 0.0925. The molecule has 0 aliphatic carbocycles. The van der Waals surface area contributed by atoms with Crippen LogP contribution in [0.15, 0.2) is 60.1 Å². The fourth-order valence-corrected chi connectivity index (χ4v) is 5.27. The molecule has 1 saturated heterocycles. The molecule has 0 bridgehead atoms. The molecule has 3 heterocycles. The molecule has 2 aromatic carbocycles. The lowest BCUT2D eigenvalue weighted by Gasteiger charge is -2.26. The van der Waals surface area contributed by atoms with Crippen molar-refractivity contribution in [2.45, 2.75) is 32.3 Å². The van der Waals surface area contributed by atoms with Crippen molar-refractivity contribution < 1.29 is 9.53 Å². The molecular formula is C26H27ClN4O2S. The Hall–Kier alpha value is -2.87. The standard InChI is InChI=1S/C26H27ClN4O2S/c1-18-5-2-3-7-23(18)28-25(32)30(15-22-6-4-14-33-22)13-12-21-17-34-26-29-24(16-31(21)26)19-8-10-20(27)11-9-19/h2-3,5,7-11,16-17,22H,4,6,12-15H2,1H3,(H,28,32). The van der Waals surface area contributed by atoms with Crippen LogP contribution in [0.25, 0.3) is 16.2 Å². The van der Waals surface area contributed by atoms with Gasteiger partial charge in [-0.05, 0) is 43.5 Å². The van der Waals surface area contributed by atoms with Gasteiger partial charge in [0.2, 0.25) is 0 Å². The Kier molecular flexibility index (Phi) is 6.85. The Labute approximate surface area is 208 Å². The molecule has 1 fully saturated rings. The van der Waals surface area contributed by atoms with Crippen molar-refractivity contribution >= 4 is 39.6 Å². The summed E-state index contributed by atoms with van der Waals surface area (Å²) < 4.78 is 7.95. The van der Waals surface area contributed by atoms with Crippen molar-refractivity contribution in [2.24, 2.45) is 0 Å². The van der Waals surface area contributed by atoms with Gasteiger partial charge in [0.1, 0.15) is 0 Å². The van der Waals surface area contributed by atoms with Crippen LogP contribution in [0.1, 0.15) is 24.1 Å². The van der Waals surface area contributed by atoms with Crippen LogP contribution in [0.4, 0.5) is 10.5 Å². The number of rotatable bonds is 7. The van der Waals surface area contributed by atoms with E-state index in [0.717, 1.165) is 59.0 Å². The van der Waals surface area contributed by atoms with E-state index >= 15 is 0 Å². The Morgan fingerprint density at radius 2 is 2.09 bits per heavy atom. The summed E-state index contributed by atoms with van der Waals surface area (Å²) in [5.74, 6) is 0. The lowest BCUT2D eigenvalue weighted by molar-refractivity contribution is 0.0838. The van der Waals surface area contributed by atoms with Crippen molar-refractivity contribution in [3.05, 3.63) is 76.4 Å². The number of thiazole rings is 1. The molecule has 1 aliphatic heterocycles. The fourth-order valence-electron chi connectivity index (χ4n) is 4.24. The number of hydrogen-bond donors (Lipinski definition) is 1. The molecule has 1 atom stereocenters. The van der Waals surface area contributed by atoms with Gasteiger partial charge in [-0.2, -0.15) is 0 Å². The number of aromatic nitrogens is 2. The fraction of sp³-hybridized carbons (Fsp3) is 0.308. The summed E-state index contributed by atoms with van der Waals surface area (Å²) in [4.78, 5) is 20.8. The van der Waals surface area contributed by atoms with Gasteiger partial charge in [0.15, 0.2) is 4.96 Å². The molecule has 5 rings (SSSR count). The highest BCUT2D eigenvalue weighted by Gasteiger charge is 2.23. The largest absolute Gasteiger partial charge is 0.376 e. The van der Waals surface area contributed by atoms with Gasteiger partial charge in [-0.3, -0.25) is 4.40 Å². The molecule has 0 spiro atoms. The van der Waals surface area contributed by atoms with Crippen LogP contribution in [0.3, 0.4) is 0 Å². The maximum Gasteiger partial charge on any atom is 0.321 e. The first-order valence-corrected chi connectivity index (χ1v) is 12.8. The highest BCUT2D eigenvalue weighted by Crippen LogP contribution is 2.25. The van der Waals surface area contributed by atoms with Crippen LogP contribution in [-0.4, -0.2) is 46.1 Å². The Morgan fingerprint density at radius 1 is 1.26 bits per heavy atom. The van der Waals surface area contributed by atoms with Crippen molar-refractivity contribution in [2.75, 3.05) is 25.0 Å². The van der Waals surface area contributed by atoms with Crippen molar-refractivity contribution in [3.63, 3.8) is 0 Å². The van der Waals surface area contributed by atoms with E-state index in [1.807, 2.05) is 60.4 Å². The summed E-state index contributed by atoms with van der Waals surface area (Å²) >= 11 is 7.64. The van der Waals surface area contributed by atoms with E-state index in [4.69, 9.17) is 21.3 Å². The number of benzene rings is 2. The Bertz CT molecular complexity index is 1280. The number of hydrogen-bond acceptors (Lipinski definition) is 4. The van der Waals surface area contributed by atoms with Crippen LogP contribution in [0, 0.1) is 6.92 Å². The molecule has 2 amide bonds. The van der Waals surface area contributed by atoms with Gasteiger partial charge in [-0.1, -0.05) is 41.9 Å². The SMILES string of the molecule is Cc1ccccc1NC(=O)N(CCc1csc2nc(-c3ccc(Cl)cc3)cn12)CC1CCCO1. The number of ether oxygens (including phenoxy) is 1. The second-order valence-electron chi connectivity index (χ2n) is 8.59. The van der Waals surface area contributed by atoms with Crippen molar-refractivity contribution in [3.8, 4) is 11.3 Å². The molecule has 0 saturated carbocycles. The van der Waals surface area contributed by atoms with E-state index in [1.54, 1.807) is 11.3 Å². The molecule has 2 aromatic heterocycles. The van der Waals surface area contributed by atoms with Gasteiger partial charge in [0.05, 0.1) is 11.8 Å². The molecule has 6 nitrogen and oxygen atoms in total. The van der Waals surface area contributed by atoms with Gasteiger partial charge in [-0.25, -0.2) is 9.78 Å². The van der Waals surface area contributed by atoms with E-state index in [2.05, 4.69) is 21.3 Å². The first-order valence-electron chi connectivity index (χ1n) is 11.5. The molecule has 4 aromatic rings. The number of carbonyl (C=O) groups is 1. The third-order valence-electron chi connectivity index (χ3n) is 6.18. The van der Waals surface area contributed by atoms with Crippen LogP contribution in [0.2, 0.25) is 5.02 Å². The highest BCUT2D eigenvalue weighted by molar-refractivity contribution is 7.15. The molecule has 176 valence electrons. The lowest BCUT2D eigenvalue weighted by Crippen LogP contribution is -2.41. The minimum atomic E-state index is -0.0937. The van der Waals surface area contributed by atoms with Crippen LogP contribution >= 0.6 is 22.9 Å². The predicted octanol–water partition coefficient (Wildman–Crippen LogP) is 6.28. The van der Waals surface area contributed by atoms with Crippen molar-refractivity contribution in [1.82, 2.24) is 14.3 Å². The normalized spacial score (nSPS) is 15.6. The van der Waals surface area contributed by atoms with Crippen LogP contribution in [0.5, 0.6) is 0 Å². The molecule has 1 N–H and O–H groups in total. The zero-order valence-corrected chi connectivity index (χ0v) is 20.6. The van der Waals surface area contributed by atoms with E-state index in [9.17, 15) is 4.79 Å². The number of nitrogens with zero attached hydrogens (tertiary/aromatic N) is 3. The topological polar surface area (TPSA) is 58.9 Å². The number of halogens is 1. The quantitative estimate of drug-likeness (QED) is 0.329. The van der Waals surface area contributed by atoms with Crippen LogP contribution < -0.4 is 5.32 Å². The molecule has 34 heavy (non-hydrogen) atoms. The highest BCUT2D eigenvalue weighted by atomic mass is 35.5. The maximum absolute atomic E-state index is 13.2. The number of amides is 2. The molecule has 8 heteroatoms. The Balaban J connectivity index is 1.32. The molecular weight excluding hydrogens is 468 g/mol. The number of carbonyl (C=O) groups excluding carboxylic acids is 1. The summed E-state index contributed by atoms with van der Waals surface area (Å²) in [5.41, 5.74) is 4.96. The number of urea groups is 1. The average Bonchev–Trinajstić information content (AvgIpc) is 3.57. The number of para-hydroxylation sites is 1. The summed E-state index contributed by atoms with van der Waals surface area (Å²) in [7, 11) is 0. The summed E-state index contributed by atoms with van der Waals surface area (Å²) in [6, 6.07) is 15.5. The third kappa shape index (κ3) is 5.12. The van der Waals surface area contributed by atoms with Gasteiger partial charge < -0.3 is 15.0 Å². The zero-order chi connectivity index (χ0) is 23.5. The molecule has 1 unspecified atom stereocenters. The average molecular weight is 495 g/mol. The second-order valence-corrected chi connectivity index (χ2v) is 9.86. The summed E-state index contributed by atoms with van der Waals surface area (Å²) in [6.45, 7) is 3.95. The number of nitrogens with one attached hydrogen (secondary N) is 1. The first kappa shape index (κ1) is 22.9. The van der Waals surface area contributed by atoms with E-state index in [0.29, 0.717) is 18.1 Å². The van der Waals surface area contributed by atoms with E-state index in [-0.39, 0.29) is 12.1 Å². The van der Waals surface area contributed by atoms with E-state index in [1.165, 1.54) is 0 Å². The number of aryl methyl sites for hydroxylation is 1. The zero-order valence-electron chi connectivity index (χ0n) is 19.0. The summed E-state index contributed by atoms with van der Waals surface area (Å²) in [5, 5.41) is 5.92. The van der Waals surface area contributed by atoms with Gasteiger partial charge >= 0.3 is 6.03 Å².